The summed E-state index contributed by atoms with van der Waals surface area (Å²) in [6.07, 6.45) is 0. The second kappa shape index (κ2) is 3.61. The van der Waals surface area contributed by atoms with Crippen molar-refractivity contribution in [3.63, 3.8) is 0 Å². The van der Waals surface area contributed by atoms with Gasteiger partial charge in [-0.2, -0.15) is 0 Å². The highest BCUT2D eigenvalue weighted by molar-refractivity contribution is 7.19. The van der Waals surface area contributed by atoms with Gasteiger partial charge in [0.25, 0.3) is 0 Å². The van der Waals surface area contributed by atoms with Crippen LogP contribution in [0.4, 0.5) is 0 Å². The first-order chi connectivity index (χ1) is 7.75. The van der Waals surface area contributed by atoms with Gasteiger partial charge in [0, 0.05) is 7.05 Å². The Morgan fingerprint density at radius 2 is 2.00 bits per heavy atom. The van der Waals surface area contributed by atoms with Crippen molar-refractivity contribution in [1.29, 1.82) is 0 Å². The summed E-state index contributed by atoms with van der Waals surface area (Å²) in [5.74, 6) is 0.970. The van der Waals surface area contributed by atoms with Gasteiger partial charge in [-0.1, -0.05) is 23.7 Å². The molecule has 0 aliphatic heterocycles. The Bertz CT molecular complexity index is 654. The monoisotopic (exact) mass is 248 g/mol. The third-order valence-corrected chi connectivity index (χ3v) is 3.81. The molecular formula is C12H9ClN2S. The van der Waals surface area contributed by atoms with Crippen molar-refractivity contribution in [2.45, 2.75) is 0 Å². The first-order valence-electron chi connectivity index (χ1n) is 4.93. The molecule has 0 spiro atoms. The van der Waals surface area contributed by atoms with Gasteiger partial charge in [0.05, 0.1) is 20.2 Å². The average molecular weight is 249 g/mol. The van der Waals surface area contributed by atoms with E-state index >= 15 is 0 Å². The van der Waals surface area contributed by atoms with Gasteiger partial charge in [-0.3, -0.25) is 0 Å². The lowest BCUT2D eigenvalue weighted by atomic mass is 10.3. The Morgan fingerprint density at radius 1 is 1.19 bits per heavy atom. The third kappa shape index (κ3) is 1.44. The summed E-state index contributed by atoms with van der Waals surface area (Å²) in [5.41, 5.74) is 2.16. The number of aryl methyl sites for hydroxylation is 1. The van der Waals surface area contributed by atoms with E-state index in [9.17, 15) is 0 Å². The lowest BCUT2D eigenvalue weighted by molar-refractivity contribution is 0.963. The van der Waals surface area contributed by atoms with E-state index in [1.165, 1.54) is 0 Å². The SMILES string of the molecule is Cn1c(-c2ccc(Cl)s2)nc2ccccc21. The second-order valence-corrected chi connectivity index (χ2v) is 5.30. The molecular weight excluding hydrogens is 240 g/mol. The maximum absolute atomic E-state index is 5.94. The molecule has 0 unspecified atom stereocenters. The molecule has 2 nitrogen and oxygen atoms in total. The normalized spacial score (nSPS) is 11.1. The number of aromatic nitrogens is 2. The lowest BCUT2D eigenvalue weighted by Gasteiger charge is -1.98. The summed E-state index contributed by atoms with van der Waals surface area (Å²) in [6, 6.07) is 12.0. The zero-order valence-electron chi connectivity index (χ0n) is 8.64. The van der Waals surface area contributed by atoms with Crippen molar-refractivity contribution >= 4 is 34.0 Å². The number of hydrogen-bond donors (Lipinski definition) is 0. The number of imidazole rings is 1. The predicted molar refractivity (Wildman–Crippen MR) is 69.0 cm³/mol. The van der Waals surface area contributed by atoms with E-state index in [0.717, 1.165) is 26.1 Å². The maximum atomic E-state index is 5.94. The van der Waals surface area contributed by atoms with Gasteiger partial charge >= 0.3 is 0 Å². The van der Waals surface area contributed by atoms with E-state index in [0.29, 0.717) is 0 Å². The Hall–Kier alpha value is -1.32. The largest absolute Gasteiger partial charge is 0.326 e. The quantitative estimate of drug-likeness (QED) is 0.638. The Labute approximate surface area is 102 Å². The molecule has 0 N–H and O–H groups in total. The fraction of sp³-hybridized carbons (Fsp3) is 0.0833. The van der Waals surface area contributed by atoms with Gasteiger partial charge in [-0.15, -0.1) is 11.3 Å². The van der Waals surface area contributed by atoms with Gasteiger partial charge in [0.2, 0.25) is 0 Å². The number of halogens is 1. The Morgan fingerprint density at radius 3 is 2.69 bits per heavy atom. The van der Waals surface area contributed by atoms with Crippen LogP contribution in [-0.4, -0.2) is 9.55 Å². The van der Waals surface area contributed by atoms with Crippen LogP contribution in [-0.2, 0) is 7.05 Å². The maximum Gasteiger partial charge on any atom is 0.151 e. The van der Waals surface area contributed by atoms with E-state index in [-0.39, 0.29) is 0 Å². The minimum Gasteiger partial charge on any atom is -0.326 e. The number of nitrogens with zero attached hydrogens (tertiary/aromatic N) is 2. The smallest absolute Gasteiger partial charge is 0.151 e. The van der Waals surface area contributed by atoms with Crippen LogP contribution in [0.1, 0.15) is 0 Å². The van der Waals surface area contributed by atoms with Crippen LogP contribution < -0.4 is 0 Å². The van der Waals surface area contributed by atoms with Crippen molar-refractivity contribution in [1.82, 2.24) is 9.55 Å². The minimum atomic E-state index is 0.794. The van der Waals surface area contributed by atoms with E-state index in [1.54, 1.807) is 11.3 Å². The van der Waals surface area contributed by atoms with E-state index in [1.807, 2.05) is 37.4 Å². The molecule has 4 heteroatoms. The zero-order chi connectivity index (χ0) is 11.1. The van der Waals surface area contributed by atoms with Crippen molar-refractivity contribution in [3.8, 4) is 10.7 Å². The van der Waals surface area contributed by atoms with Gasteiger partial charge in [-0.05, 0) is 24.3 Å². The summed E-state index contributed by atoms with van der Waals surface area (Å²) in [4.78, 5) is 5.71. The predicted octanol–water partition coefficient (Wildman–Crippen LogP) is 3.96. The molecule has 80 valence electrons. The highest BCUT2D eigenvalue weighted by Crippen LogP contribution is 2.31. The number of benzene rings is 1. The van der Waals surface area contributed by atoms with E-state index < -0.39 is 0 Å². The van der Waals surface area contributed by atoms with Crippen molar-refractivity contribution in [2.24, 2.45) is 7.05 Å². The van der Waals surface area contributed by atoms with Crippen LogP contribution in [0.5, 0.6) is 0 Å². The van der Waals surface area contributed by atoms with Crippen LogP contribution in [0, 0.1) is 0 Å². The number of fused-ring (bicyclic) bond motifs is 1. The lowest BCUT2D eigenvalue weighted by Crippen LogP contribution is -1.89. The summed E-state index contributed by atoms with van der Waals surface area (Å²) in [5, 5.41) is 0. The minimum absolute atomic E-state index is 0.794. The molecule has 0 atom stereocenters. The van der Waals surface area contributed by atoms with Crippen molar-refractivity contribution < 1.29 is 0 Å². The number of rotatable bonds is 1. The standard InChI is InChI=1S/C12H9ClN2S/c1-15-9-5-3-2-4-8(9)14-12(15)10-6-7-11(13)16-10/h2-7H,1H3. The molecule has 0 fully saturated rings. The fourth-order valence-electron chi connectivity index (χ4n) is 1.80. The third-order valence-electron chi connectivity index (χ3n) is 2.58. The Kier molecular flexibility index (Phi) is 2.23. The van der Waals surface area contributed by atoms with Gasteiger partial charge in [0.1, 0.15) is 0 Å². The van der Waals surface area contributed by atoms with Crippen LogP contribution in [0.3, 0.4) is 0 Å². The summed E-state index contributed by atoms with van der Waals surface area (Å²) >= 11 is 7.50. The van der Waals surface area contributed by atoms with Crippen LogP contribution in [0.15, 0.2) is 36.4 Å². The zero-order valence-corrected chi connectivity index (χ0v) is 10.2. The molecule has 0 saturated heterocycles. The molecule has 2 aromatic heterocycles. The van der Waals surface area contributed by atoms with E-state index in [4.69, 9.17) is 11.6 Å². The molecule has 0 radical (unpaired) electrons. The molecule has 0 bridgehead atoms. The van der Waals surface area contributed by atoms with Crippen LogP contribution >= 0.6 is 22.9 Å². The fourth-order valence-corrected chi connectivity index (χ4v) is 2.87. The molecule has 16 heavy (non-hydrogen) atoms. The van der Waals surface area contributed by atoms with Gasteiger partial charge in [0.15, 0.2) is 5.82 Å². The number of hydrogen-bond acceptors (Lipinski definition) is 2. The number of para-hydroxylation sites is 2. The van der Waals surface area contributed by atoms with Crippen LogP contribution in [0.2, 0.25) is 4.34 Å². The summed E-state index contributed by atoms with van der Waals surface area (Å²) in [6.45, 7) is 0. The highest BCUT2D eigenvalue weighted by atomic mass is 35.5. The summed E-state index contributed by atoms with van der Waals surface area (Å²) in [7, 11) is 2.03. The molecule has 3 aromatic rings. The first-order valence-corrected chi connectivity index (χ1v) is 6.12. The first kappa shape index (κ1) is 9.87. The van der Waals surface area contributed by atoms with Gasteiger partial charge in [-0.25, -0.2) is 4.98 Å². The topological polar surface area (TPSA) is 17.8 Å². The Balaban J connectivity index is 2.28. The second-order valence-electron chi connectivity index (χ2n) is 3.59. The van der Waals surface area contributed by atoms with Crippen molar-refractivity contribution in [2.75, 3.05) is 0 Å². The molecule has 0 aliphatic rings. The number of thiophene rings is 1. The van der Waals surface area contributed by atoms with E-state index in [2.05, 4.69) is 15.6 Å². The highest BCUT2D eigenvalue weighted by Gasteiger charge is 2.10. The van der Waals surface area contributed by atoms with Crippen LogP contribution in [0.25, 0.3) is 21.7 Å². The molecule has 2 heterocycles. The summed E-state index contributed by atoms with van der Waals surface area (Å²) < 4.78 is 2.89. The molecule has 0 aliphatic carbocycles. The average Bonchev–Trinajstić information content (AvgIpc) is 2.84. The molecule has 3 rings (SSSR count). The molecule has 0 saturated carbocycles. The molecule has 1 aromatic carbocycles. The van der Waals surface area contributed by atoms with Crippen molar-refractivity contribution in [3.05, 3.63) is 40.7 Å². The van der Waals surface area contributed by atoms with Gasteiger partial charge < -0.3 is 4.57 Å². The molecule has 0 amide bonds.